The molecule has 0 saturated heterocycles. The fraction of sp³-hybridized carbons (Fsp3) is 0.444. The van der Waals surface area contributed by atoms with Crippen molar-refractivity contribution in [3.8, 4) is 0 Å². The average molecular weight is 260 g/mol. The third-order valence-electron chi connectivity index (χ3n) is 1.59. The first-order valence-electron chi connectivity index (χ1n) is 4.55. The Labute approximate surface area is 101 Å². The smallest absolute Gasteiger partial charge is 0.313 e. The normalized spacial score (nSPS) is 10.1. The fourth-order valence-electron chi connectivity index (χ4n) is 0.955. The molecule has 1 heterocycles. The van der Waals surface area contributed by atoms with Crippen molar-refractivity contribution < 1.29 is 14.7 Å². The second-order valence-corrected chi connectivity index (χ2v) is 5.31. The van der Waals surface area contributed by atoms with Crippen molar-refractivity contribution in [1.29, 1.82) is 0 Å². The van der Waals surface area contributed by atoms with E-state index in [2.05, 4.69) is 10.3 Å². The molecule has 0 unspecified atom stereocenters. The van der Waals surface area contributed by atoms with E-state index >= 15 is 0 Å². The second kappa shape index (κ2) is 6.49. The second-order valence-electron chi connectivity index (χ2n) is 3.01. The highest BCUT2D eigenvalue weighted by atomic mass is 32.2. The first-order chi connectivity index (χ1) is 7.58. The molecule has 0 aliphatic carbocycles. The third kappa shape index (κ3) is 5.13. The van der Waals surface area contributed by atoms with E-state index in [1.54, 1.807) is 6.20 Å². The van der Waals surface area contributed by atoms with Gasteiger partial charge < -0.3 is 10.4 Å². The number of aryl methyl sites for hydroxylation is 1. The van der Waals surface area contributed by atoms with Crippen LogP contribution in [0.2, 0.25) is 0 Å². The molecule has 0 atom stereocenters. The lowest BCUT2D eigenvalue weighted by atomic mass is 10.5. The standard InChI is InChI=1S/C9H12N2O3S2/c1-6-10-2-7(16-6)3-11-8(12)4-15-5-9(13)14/h2H,3-5H2,1H3,(H,11,12)(H,13,14). The van der Waals surface area contributed by atoms with Gasteiger partial charge in [-0.2, -0.15) is 0 Å². The van der Waals surface area contributed by atoms with Crippen LogP contribution in [-0.4, -0.2) is 33.5 Å². The molecule has 0 aliphatic heterocycles. The number of nitrogens with zero attached hydrogens (tertiary/aromatic N) is 1. The molecule has 1 aromatic rings. The van der Waals surface area contributed by atoms with E-state index in [4.69, 9.17) is 5.11 Å². The van der Waals surface area contributed by atoms with Crippen LogP contribution in [0.25, 0.3) is 0 Å². The molecule has 1 amide bonds. The molecular weight excluding hydrogens is 248 g/mol. The Morgan fingerprint density at radius 2 is 2.31 bits per heavy atom. The summed E-state index contributed by atoms with van der Waals surface area (Å²) in [5.74, 6) is -0.940. The summed E-state index contributed by atoms with van der Waals surface area (Å²) in [6.07, 6.45) is 1.73. The Balaban J connectivity index is 2.17. The topological polar surface area (TPSA) is 79.3 Å². The molecule has 88 valence electrons. The van der Waals surface area contributed by atoms with Crippen molar-refractivity contribution in [1.82, 2.24) is 10.3 Å². The molecule has 0 saturated carbocycles. The summed E-state index contributed by atoms with van der Waals surface area (Å²) in [6, 6.07) is 0. The van der Waals surface area contributed by atoms with Gasteiger partial charge in [0.2, 0.25) is 5.91 Å². The number of thiazole rings is 1. The largest absolute Gasteiger partial charge is 0.481 e. The molecule has 16 heavy (non-hydrogen) atoms. The minimum atomic E-state index is -0.907. The fourth-order valence-corrected chi connectivity index (χ4v) is 2.25. The van der Waals surface area contributed by atoms with E-state index in [0.29, 0.717) is 6.54 Å². The predicted molar refractivity (Wildman–Crippen MR) is 63.7 cm³/mol. The molecule has 2 N–H and O–H groups in total. The minimum Gasteiger partial charge on any atom is -0.481 e. The lowest BCUT2D eigenvalue weighted by molar-refractivity contribution is -0.133. The molecule has 5 nitrogen and oxygen atoms in total. The predicted octanol–water partition coefficient (Wildman–Crippen LogP) is 0.886. The van der Waals surface area contributed by atoms with Gasteiger partial charge in [-0.1, -0.05) is 0 Å². The first-order valence-corrected chi connectivity index (χ1v) is 6.52. The van der Waals surface area contributed by atoms with Crippen molar-refractivity contribution in [3.05, 3.63) is 16.1 Å². The number of carboxylic acid groups (broad SMARTS) is 1. The van der Waals surface area contributed by atoms with E-state index in [0.717, 1.165) is 21.6 Å². The minimum absolute atomic E-state index is 0.0485. The van der Waals surface area contributed by atoms with Crippen LogP contribution in [0.15, 0.2) is 6.20 Å². The zero-order valence-corrected chi connectivity index (χ0v) is 10.4. The number of rotatable bonds is 6. The van der Waals surface area contributed by atoms with E-state index in [9.17, 15) is 9.59 Å². The van der Waals surface area contributed by atoms with Crippen molar-refractivity contribution >= 4 is 35.0 Å². The van der Waals surface area contributed by atoms with Crippen molar-refractivity contribution in [2.75, 3.05) is 11.5 Å². The molecule has 0 bridgehead atoms. The maximum absolute atomic E-state index is 11.3. The number of thioether (sulfide) groups is 1. The molecule has 1 aromatic heterocycles. The highest BCUT2D eigenvalue weighted by Gasteiger charge is 2.05. The quantitative estimate of drug-likeness (QED) is 0.794. The van der Waals surface area contributed by atoms with Crippen LogP contribution >= 0.6 is 23.1 Å². The van der Waals surface area contributed by atoms with Gasteiger partial charge in [-0.05, 0) is 6.92 Å². The molecule has 0 spiro atoms. The highest BCUT2D eigenvalue weighted by molar-refractivity contribution is 8.00. The zero-order valence-electron chi connectivity index (χ0n) is 8.73. The number of aliphatic carboxylic acids is 1. The SMILES string of the molecule is Cc1ncc(CNC(=O)CSCC(=O)O)s1. The number of carbonyl (C=O) groups excluding carboxylic acids is 1. The Bertz CT molecular complexity index is 379. The Morgan fingerprint density at radius 3 is 2.88 bits per heavy atom. The summed E-state index contributed by atoms with van der Waals surface area (Å²) < 4.78 is 0. The first kappa shape index (κ1) is 13.0. The number of carboxylic acids is 1. The van der Waals surface area contributed by atoms with Crippen LogP contribution in [0.1, 0.15) is 9.88 Å². The number of aromatic nitrogens is 1. The molecular formula is C9H12N2O3S2. The van der Waals surface area contributed by atoms with Gasteiger partial charge in [0.15, 0.2) is 0 Å². The van der Waals surface area contributed by atoms with Gasteiger partial charge in [0.05, 0.1) is 23.1 Å². The van der Waals surface area contributed by atoms with Crippen molar-refractivity contribution in [2.45, 2.75) is 13.5 Å². The third-order valence-corrected chi connectivity index (χ3v) is 3.42. The van der Waals surface area contributed by atoms with Crippen molar-refractivity contribution in [2.24, 2.45) is 0 Å². The van der Waals surface area contributed by atoms with Crippen molar-refractivity contribution in [3.63, 3.8) is 0 Å². The van der Waals surface area contributed by atoms with Crippen LogP contribution in [0.5, 0.6) is 0 Å². The number of amides is 1. The van der Waals surface area contributed by atoms with E-state index < -0.39 is 5.97 Å². The van der Waals surface area contributed by atoms with Crippen LogP contribution < -0.4 is 5.32 Å². The Hall–Kier alpha value is -1.08. The van der Waals surface area contributed by atoms with Gasteiger partial charge in [0, 0.05) is 11.1 Å². The summed E-state index contributed by atoms with van der Waals surface area (Å²) in [5.41, 5.74) is 0. The van der Waals surface area contributed by atoms with Gasteiger partial charge in [-0.15, -0.1) is 23.1 Å². The number of hydrogen-bond acceptors (Lipinski definition) is 5. The average Bonchev–Trinajstić information content (AvgIpc) is 2.61. The summed E-state index contributed by atoms with van der Waals surface area (Å²) in [5, 5.41) is 12.0. The van der Waals surface area contributed by atoms with Gasteiger partial charge in [0.1, 0.15) is 0 Å². The van der Waals surface area contributed by atoms with E-state index in [1.165, 1.54) is 11.3 Å². The molecule has 0 radical (unpaired) electrons. The molecule has 1 rings (SSSR count). The van der Waals surface area contributed by atoms with Gasteiger partial charge >= 0.3 is 5.97 Å². The lowest BCUT2D eigenvalue weighted by Crippen LogP contribution is -2.24. The maximum Gasteiger partial charge on any atom is 0.313 e. The summed E-state index contributed by atoms with van der Waals surface area (Å²) in [6.45, 7) is 2.36. The summed E-state index contributed by atoms with van der Waals surface area (Å²) >= 11 is 2.62. The number of hydrogen-bond donors (Lipinski definition) is 2. The van der Waals surface area contributed by atoms with Crippen LogP contribution in [0.3, 0.4) is 0 Å². The molecule has 0 aliphatic rings. The Morgan fingerprint density at radius 1 is 1.56 bits per heavy atom. The molecule has 0 fully saturated rings. The maximum atomic E-state index is 11.3. The number of carbonyl (C=O) groups is 2. The zero-order chi connectivity index (χ0) is 12.0. The van der Waals surface area contributed by atoms with Gasteiger partial charge in [-0.25, -0.2) is 4.98 Å². The van der Waals surface area contributed by atoms with Crippen LogP contribution in [0.4, 0.5) is 0 Å². The summed E-state index contributed by atoms with van der Waals surface area (Å²) in [4.78, 5) is 26.5. The monoisotopic (exact) mass is 260 g/mol. The van der Waals surface area contributed by atoms with E-state index in [1.807, 2.05) is 6.92 Å². The molecule has 7 heteroatoms. The van der Waals surface area contributed by atoms with E-state index in [-0.39, 0.29) is 17.4 Å². The van der Waals surface area contributed by atoms with Gasteiger partial charge in [0.25, 0.3) is 0 Å². The summed E-state index contributed by atoms with van der Waals surface area (Å²) in [7, 11) is 0. The Kier molecular flexibility index (Phi) is 5.27. The van der Waals surface area contributed by atoms with Gasteiger partial charge in [-0.3, -0.25) is 9.59 Å². The lowest BCUT2D eigenvalue weighted by Gasteiger charge is -2.01. The highest BCUT2D eigenvalue weighted by Crippen LogP contribution is 2.10. The van der Waals surface area contributed by atoms with Crippen LogP contribution in [-0.2, 0) is 16.1 Å². The number of nitrogens with one attached hydrogen (secondary N) is 1. The van der Waals surface area contributed by atoms with Crippen LogP contribution in [0, 0.1) is 6.92 Å². The molecule has 0 aromatic carbocycles.